The van der Waals surface area contributed by atoms with Crippen LogP contribution in [-0.4, -0.2) is 36.6 Å². The van der Waals surface area contributed by atoms with Crippen molar-refractivity contribution in [1.82, 2.24) is 4.90 Å². The van der Waals surface area contributed by atoms with Crippen LogP contribution in [0, 0.1) is 11.3 Å². The highest BCUT2D eigenvalue weighted by Gasteiger charge is 2.30. The van der Waals surface area contributed by atoms with E-state index in [0.29, 0.717) is 18.0 Å². The molecule has 1 aromatic rings. The molecule has 1 unspecified atom stereocenters. The van der Waals surface area contributed by atoms with E-state index in [1.54, 1.807) is 12.1 Å². The zero-order chi connectivity index (χ0) is 13.7. The highest BCUT2D eigenvalue weighted by atomic mass is 16.6. The summed E-state index contributed by atoms with van der Waals surface area (Å²) in [7, 11) is 0. The Morgan fingerprint density at radius 3 is 2.89 bits per heavy atom. The first-order valence-electron chi connectivity index (χ1n) is 6.30. The standard InChI is InChI=1S/C14H16N2O3/c1-2-8-16(9-7-15)14(17)13-10-18-11-5-3-4-6-12(11)19-13/h3-6,13H,2,8-10H2,1H3. The molecular weight excluding hydrogens is 244 g/mol. The first-order valence-corrected chi connectivity index (χ1v) is 6.30. The Labute approximate surface area is 112 Å². The summed E-state index contributed by atoms with van der Waals surface area (Å²) < 4.78 is 11.1. The highest BCUT2D eigenvalue weighted by molar-refractivity contribution is 5.82. The Hall–Kier alpha value is -2.22. The van der Waals surface area contributed by atoms with Crippen LogP contribution in [0.5, 0.6) is 11.5 Å². The first-order chi connectivity index (χ1) is 9.26. The van der Waals surface area contributed by atoms with Crippen LogP contribution in [0.3, 0.4) is 0 Å². The first kappa shape index (κ1) is 13.2. The van der Waals surface area contributed by atoms with Gasteiger partial charge in [0.05, 0.1) is 6.07 Å². The molecule has 1 aromatic carbocycles. The van der Waals surface area contributed by atoms with Gasteiger partial charge in [0.25, 0.3) is 5.91 Å². The number of carbonyl (C=O) groups excluding carboxylic acids is 1. The number of carbonyl (C=O) groups is 1. The summed E-state index contributed by atoms with van der Waals surface area (Å²) in [5.74, 6) is 1.02. The molecular formula is C14H16N2O3. The van der Waals surface area contributed by atoms with E-state index in [2.05, 4.69) is 0 Å². The van der Waals surface area contributed by atoms with E-state index in [9.17, 15) is 4.79 Å². The topological polar surface area (TPSA) is 62.6 Å². The smallest absolute Gasteiger partial charge is 0.268 e. The Kier molecular flexibility index (Phi) is 4.24. The molecule has 1 atom stereocenters. The largest absolute Gasteiger partial charge is 0.485 e. The van der Waals surface area contributed by atoms with Crippen LogP contribution in [0.1, 0.15) is 13.3 Å². The zero-order valence-electron chi connectivity index (χ0n) is 10.8. The molecule has 0 aromatic heterocycles. The summed E-state index contributed by atoms with van der Waals surface area (Å²) in [6, 6.07) is 9.25. The second-order valence-electron chi connectivity index (χ2n) is 4.28. The van der Waals surface area contributed by atoms with E-state index in [1.807, 2.05) is 25.1 Å². The minimum atomic E-state index is -0.671. The van der Waals surface area contributed by atoms with Crippen LogP contribution in [0.2, 0.25) is 0 Å². The number of nitrogens with zero attached hydrogens (tertiary/aromatic N) is 2. The lowest BCUT2D eigenvalue weighted by Crippen LogP contribution is -2.46. The van der Waals surface area contributed by atoms with Crippen LogP contribution in [0.4, 0.5) is 0 Å². The average Bonchev–Trinajstić information content (AvgIpc) is 2.46. The highest BCUT2D eigenvalue weighted by Crippen LogP contribution is 2.31. The fourth-order valence-corrected chi connectivity index (χ4v) is 1.97. The van der Waals surface area contributed by atoms with Gasteiger partial charge in [0.1, 0.15) is 13.2 Å². The minimum absolute atomic E-state index is 0.0776. The van der Waals surface area contributed by atoms with Crippen molar-refractivity contribution in [2.75, 3.05) is 19.7 Å². The number of amides is 1. The lowest BCUT2D eigenvalue weighted by atomic mass is 10.2. The van der Waals surface area contributed by atoms with E-state index < -0.39 is 6.10 Å². The molecule has 0 radical (unpaired) electrons. The second kappa shape index (κ2) is 6.10. The molecule has 2 rings (SSSR count). The summed E-state index contributed by atoms with van der Waals surface area (Å²) in [5.41, 5.74) is 0. The average molecular weight is 260 g/mol. The molecule has 5 nitrogen and oxygen atoms in total. The number of fused-ring (bicyclic) bond motifs is 1. The molecule has 1 amide bonds. The van der Waals surface area contributed by atoms with Crippen LogP contribution in [0.25, 0.3) is 0 Å². The van der Waals surface area contributed by atoms with Gasteiger partial charge in [-0.05, 0) is 18.6 Å². The summed E-state index contributed by atoms with van der Waals surface area (Å²) in [6.07, 6.45) is 0.132. The Balaban J connectivity index is 2.07. The number of hydrogen-bond acceptors (Lipinski definition) is 4. The SMILES string of the molecule is CCCN(CC#N)C(=O)C1COc2ccccc2O1. The van der Waals surface area contributed by atoms with E-state index in [1.165, 1.54) is 4.90 Å². The van der Waals surface area contributed by atoms with Crippen LogP contribution in [-0.2, 0) is 4.79 Å². The van der Waals surface area contributed by atoms with Crippen molar-refractivity contribution in [1.29, 1.82) is 5.26 Å². The maximum atomic E-state index is 12.3. The van der Waals surface area contributed by atoms with Gasteiger partial charge in [0, 0.05) is 6.54 Å². The fourth-order valence-electron chi connectivity index (χ4n) is 1.97. The predicted molar refractivity (Wildman–Crippen MR) is 68.8 cm³/mol. The normalized spacial score (nSPS) is 16.5. The monoisotopic (exact) mass is 260 g/mol. The quantitative estimate of drug-likeness (QED) is 0.771. The molecule has 0 fully saturated rings. The molecule has 100 valence electrons. The molecule has 0 aliphatic carbocycles. The number of hydrogen-bond donors (Lipinski definition) is 0. The van der Waals surface area contributed by atoms with E-state index in [4.69, 9.17) is 14.7 Å². The molecule has 0 saturated heterocycles. The van der Waals surface area contributed by atoms with E-state index in [0.717, 1.165) is 6.42 Å². The third kappa shape index (κ3) is 2.97. The van der Waals surface area contributed by atoms with Crippen LogP contribution < -0.4 is 9.47 Å². The number of para-hydroxylation sites is 2. The van der Waals surface area contributed by atoms with E-state index >= 15 is 0 Å². The maximum Gasteiger partial charge on any atom is 0.268 e. The molecule has 0 spiro atoms. The van der Waals surface area contributed by atoms with Crippen LogP contribution in [0.15, 0.2) is 24.3 Å². The lowest BCUT2D eigenvalue weighted by molar-refractivity contribution is -0.140. The fraction of sp³-hybridized carbons (Fsp3) is 0.429. The van der Waals surface area contributed by atoms with Crippen molar-refractivity contribution in [3.8, 4) is 17.6 Å². The molecule has 5 heteroatoms. The van der Waals surface area contributed by atoms with Gasteiger partial charge in [-0.1, -0.05) is 19.1 Å². The molecule has 1 aliphatic heterocycles. The third-order valence-corrected chi connectivity index (χ3v) is 2.85. The number of ether oxygens (including phenoxy) is 2. The number of nitriles is 1. The molecule has 1 aliphatic rings. The van der Waals surface area contributed by atoms with Gasteiger partial charge in [-0.15, -0.1) is 0 Å². The summed E-state index contributed by atoms with van der Waals surface area (Å²) >= 11 is 0. The van der Waals surface area contributed by atoms with Gasteiger partial charge in [-0.2, -0.15) is 5.26 Å². The molecule has 0 saturated carbocycles. The predicted octanol–water partition coefficient (Wildman–Crippen LogP) is 1.59. The maximum absolute atomic E-state index is 12.3. The molecule has 19 heavy (non-hydrogen) atoms. The lowest BCUT2D eigenvalue weighted by Gasteiger charge is -2.29. The van der Waals surface area contributed by atoms with E-state index in [-0.39, 0.29) is 19.1 Å². The third-order valence-electron chi connectivity index (χ3n) is 2.85. The van der Waals surface area contributed by atoms with Crippen LogP contribution >= 0.6 is 0 Å². The van der Waals surface area contributed by atoms with Gasteiger partial charge in [-0.3, -0.25) is 4.79 Å². The molecule has 0 N–H and O–H groups in total. The molecule has 1 heterocycles. The van der Waals surface area contributed by atoms with Crippen molar-refractivity contribution >= 4 is 5.91 Å². The Morgan fingerprint density at radius 1 is 1.47 bits per heavy atom. The number of benzene rings is 1. The van der Waals surface area contributed by atoms with Crippen molar-refractivity contribution in [2.24, 2.45) is 0 Å². The molecule has 0 bridgehead atoms. The van der Waals surface area contributed by atoms with Crippen molar-refractivity contribution < 1.29 is 14.3 Å². The van der Waals surface area contributed by atoms with Gasteiger partial charge in [0.15, 0.2) is 11.5 Å². The zero-order valence-corrected chi connectivity index (χ0v) is 10.8. The minimum Gasteiger partial charge on any atom is -0.485 e. The van der Waals surface area contributed by atoms with Crippen molar-refractivity contribution in [3.63, 3.8) is 0 Å². The number of rotatable bonds is 4. The Morgan fingerprint density at radius 2 is 2.21 bits per heavy atom. The van der Waals surface area contributed by atoms with Gasteiger partial charge in [-0.25, -0.2) is 0 Å². The summed E-state index contributed by atoms with van der Waals surface area (Å²) in [4.78, 5) is 13.8. The van der Waals surface area contributed by atoms with Crippen molar-refractivity contribution in [2.45, 2.75) is 19.4 Å². The summed E-state index contributed by atoms with van der Waals surface area (Å²) in [6.45, 7) is 2.77. The summed E-state index contributed by atoms with van der Waals surface area (Å²) in [5, 5.41) is 8.75. The Bertz CT molecular complexity index is 496. The van der Waals surface area contributed by atoms with Gasteiger partial charge in [0.2, 0.25) is 6.10 Å². The second-order valence-corrected chi connectivity index (χ2v) is 4.28. The van der Waals surface area contributed by atoms with Crippen molar-refractivity contribution in [3.05, 3.63) is 24.3 Å². The van der Waals surface area contributed by atoms with Gasteiger partial charge < -0.3 is 14.4 Å². The van der Waals surface area contributed by atoms with Gasteiger partial charge >= 0.3 is 0 Å².